The van der Waals surface area contributed by atoms with E-state index < -0.39 is 27.9 Å². The fraction of sp³-hybridized carbons (Fsp3) is 0.400. The smallest absolute Gasteiger partial charge is 0.324 e. The number of hydrogen-bond donors (Lipinski definition) is 3. The van der Waals surface area contributed by atoms with E-state index >= 15 is 0 Å². The van der Waals surface area contributed by atoms with Gasteiger partial charge >= 0.3 is 5.97 Å². The van der Waals surface area contributed by atoms with Crippen molar-refractivity contribution >= 4 is 21.9 Å². The van der Waals surface area contributed by atoms with Gasteiger partial charge in [-0.2, -0.15) is 4.72 Å². The van der Waals surface area contributed by atoms with Crippen LogP contribution in [0.1, 0.15) is 10.5 Å². The van der Waals surface area contributed by atoms with E-state index in [1.165, 1.54) is 18.7 Å². The van der Waals surface area contributed by atoms with E-state index in [9.17, 15) is 18.0 Å². The number of aryl methyl sites for hydroxylation is 1. The summed E-state index contributed by atoms with van der Waals surface area (Å²) in [6.07, 6.45) is 1.16. The van der Waals surface area contributed by atoms with Gasteiger partial charge < -0.3 is 20.1 Å². The number of methoxy groups -OCH3 is 1. The van der Waals surface area contributed by atoms with E-state index in [0.29, 0.717) is 0 Å². The zero-order valence-electron chi connectivity index (χ0n) is 10.9. The van der Waals surface area contributed by atoms with E-state index in [-0.39, 0.29) is 17.2 Å². The van der Waals surface area contributed by atoms with Gasteiger partial charge in [0, 0.05) is 20.4 Å². The van der Waals surface area contributed by atoms with Crippen molar-refractivity contribution in [2.75, 3.05) is 13.7 Å². The molecule has 0 saturated carbocycles. The predicted octanol–water partition coefficient (Wildman–Crippen LogP) is -1.50. The molecule has 0 aromatic carbocycles. The average molecular weight is 305 g/mol. The maximum atomic E-state index is 12.0. The Hall–Kier alpha value is -1.91. The summed E-state index contributed by atoms with van der Waals surface area (Å²) in [6, 6.07) is -0.363. The van der Waals surface area contributed by atoms with Crippen LogP contribution in [-0.4, -0.2) is 49.7 Å². The predicted molar refractivity (Wildman–Crippen MR) is 67.6 cm³/mol. The minimum Gasteiger partial charge on any atom is -0.480 e. The van der Waals surface area contributed by atoms with Crippen LogP contribution in [0.15, 0.2) is 17.2 Å². The number of aliphatic carboxylic acids is 1. The van der Waals surface area contributed by atoms with Crippen LogP contribution < -0.4 is 10.5 Å². The number of carbonyl (C=O) groups is 2. The first kappa shape index (κ1) is 16.1. The van der Waals surface area contributed by atoms with Gasteiger partial charge in [-0.25, -0.2) is 8.42 Å². The van der Waals surface area contributed by atoms with Gasteiger partial charge in [-0.05, 0) is 6.07 Å². The fourth-order valence-electron chi connectivity index (χ4n) is 1.50. The quantitative estimate of drug-likeness (QED) is 0.560. The number of nitrogens with zero attached hydrogens (tertiary/aromatic N) is 1. The minimum absolute atomic E-state index is 0.0102. The second kappa shape index (κ2) is 6.03. The lowest BCUT2D eigenvalue weighted by Crippen LogP contribution is -2.43. The first-order valence-electron chi connectivity index (χ1n) is 5.39. The van der Waals surface area contributed by atoms with E-state index in [2.05, 4.69) is 4.74 Å². The minimum atomic E-state index is -4.10. The van der Waals surface area contributed by atoms with Gasteiger partial charge in [0.15, 0.2) is 0 Å². The van der Waals surface area contributed by atoms with Crippen molar-refractivity contribution < 1.29 is 27.9 Å². The molecular formula is C10H15N3O6S. The molecule has 1 atom stereocenters. The molecule has 1 unspecified atom stereocenters. The van der Waals surface area contributed by atoms with Crippen LogP contribution in [0.25, 0.3) is 0 Å². The van der Waals surface area contributed by atoms with Crippen molar-refractivity contribution in [2.24, 2.45) is 12.8 Å². The molecule has 4 N–H and O–H groups in total. The lowest BCUT2D eigenvalue weighted by Gasteiger charge is -2.12. The zero-order chi connectivity index (χ0) is 15.5. The monoisotopic (exact) mass is 305 g/mol. The molecule has 20 heavy (non-hydrogen) atoms. The Labute approximate surface area is 115 Å². The molecule has 1 amide bonds. The van der Waals surface area contributed by atoms with Crippen molar-refractivity contribution in [3.05, 3.63) is 18.0 Å². The van der Waals surface area contributed by atoms with Crippen molar-refractivity contribution in [3.63, 3.8) is 0 Å². The maximum Gasteiger partial charge on any atom is 0.324 e. The molecule has 1 heterocycles. The van der Waals surface area contributed by atoms with Crippen molar-refractivity contribution in [3.8, 4) is 0 Å². The number of rotatable bonds is 7. The molecule has 0 spiro atoms. The van der Waals surface area contributed by atoms with E-state index in [0.717, 1.165) is 12.3 Å². The van der Waals surface area contributed by atoms with Crippen LogP contribution in [0.3, 0.4) is 0 Å². The Bertz CT molecular complexity index is 621. The Balaban J connectivity index is 3.07. The molecule has 10 heteroatoms. The van der Waals surface area contributed by atoms with Crippen molar-refractivity contribution in [1.82, 2.24) is 9.29 Å². The SMILES string of the molecule is COCC(NS(=O)(=O)c1cc(C(N)=O)n(C)c1)C(=O)O. The normalized spacial score (nSPS) is 13.1. The first-order valence-corrected chi connectivity index (χ1v) is 6.87. The van der Waals surface area contributed by atoms with Gasteiger partial charge in [0.25, 0.3) is 5.91 Å². The van der Waals surface area contributed by atoms with Crippen LogP contribution in [-0.2, 0) is 26.6 Å². The van der Waals surface area contributed by atoms with Gasteiger partial charge in [-0.1, -0.05) is 0 Å². The topological polar surface area (TPSA) is 141 Å². The highest BCUT2D eigenvalue weighted by atomic mass is 32.2. The van der Waals surface area contributed by atoms with Gasteiger partial charge in [0.05, 0.1) is 6.61 Å². The number of hydrogen-bond acceptors (Lipinski definition) is 5. The van der Waals surface area contributed by atoms with E-state index in [4.69, 9.17) is 10.8 Å². The fourth-order valence-corrected chi connectivity index (χ4v) is 2.75. The number of nitrogens with two attached hydrogens (primary N) is 1. The lowest BCUT2D eigenvalue weighted by molar-refractivity contribution is -0.140. The molecule has 1 rings (SSSR count). The summed E-state index contributed by atoms with van der Waals surface area (Å²) in [5.41, 5.74) is 5.07. The van der Waals surface area contributed by atoms with Crippen LogP contribution in [0.4, 0.5) is 0 Å². The average Bonchev–Trinajstić information content (AvgIpc) is 2.71. The first-order chi connectivity index (χ1) is 9.19. The molecule has 0 bridgehead atoms. The summed E-state index contributed by atoms with van der Waals surface area (Å²) in [6.45, 7) is -0.329. The van der Waals surface area contributed by atoms with Crippen molar-refractivity contribution in [1.29, 1.82) is 0 Å². The number of sulfonamides is 1. The molecule has 0 aliphatic heterocycles. The number of ether oxygens (including phenoxy) is 1. The summed E-state index contributed by atoms with van der Waals surface area (Å²) < 4.78 is 31.9. The van der Waals surface area contributed by atoms with Gasteiger partial charge in [0.1, 0.15) is 16.6 Å². The highest BCUT2D eigenvalue weighted by Crippen LogP contribution is 2.13. The molecule has 1 aromatic heterocycles. The van der Waals surface area contributed by atoms with Crippen molar-refractivity contribution in [2.45, 2.75) is 10.9 Å². The number of amides is 1. The highest BCUT2D eigenvalue weighted by Gasteiger charge is 2.27. The number of carboxylic acid groups (broad SMARTS) is 1. The van der Waals surface area contributed by atoms with Crippen LogP contribution in [0.2, 0.25) is 0 Å². The Morgan fingerprint density at radius 2 is 2.15 bits per heavy atom. The van der Waals surface area contributed by atoms with E-state index in [1.54, 1.807) is 0 Å². The van der Waals surface area contributed by atoms with Gasteiger partial charge in [-0.15, -0.1) is 0 Å². The third kappa shape index (κ3) is 3.56. The lowest BCUT2D eigenvalue weighted by atomic mass is 10.3. The summed E-state index contributed by atoms with van der Waals surface area (Å²) >= 11 is 0. The highest BCUT2D eigenvalue weighted by molar-refractivity contribution is 7.89. The zero-order valence-corrected chi connectivity index (χ0v) is 11.7. The number of carboxylic acids is 1. The largest absolute Gasteiger partial charge is 0.480 e. The Morgan fingerprint density at radius 3 is 2.55 bits per heavy atom. The number of primary amides is 1. The van der Waals surface area contributed by atoms with Crippen LogP contribution in [0.5, 0.6) is 0 Å². The summed E-state index contributed by atoms with van der Waals surface area (Å²) in [5.74, 6) is -2.16. The molecule has 9 nitrogen and oxygen atoms in total. The summed E-state index contributed by atoms with van der Waals surface area (Å²) in [7, 11) is -1.41. The van der Waals surface area contributed by atoms with Gasteiger partial charge in [0.2, 0.25) is 10.0 Å². The number of nitrogens with one attached hydrogen (secondary N) is 1. The molecule has 0 aliphatic carbocycles. The third-order valence-corrected chi connectivity index (χ3v) is 3.91. The molecule has 0 fully saturated rings. The van der Waals surface area contributed by atoms with Crippen LogP contribution >= 0.6 is 0 Å². The van der Waals surface area contributed by atoms with E-state index in [1.807, 2.05) is 4.72 Å². The maximum absolute atomic E-state index is 12.0. The molecule has 1 aromatic rings. The van der Waals surface area contributed by atoms with Crippen LogP contribution in [0, 0.1) is 0 Å². The molecule has 112 valence electrons. The van der Waals surface area contributed by atoms with Gasteiger partial charge in [-0.3, -0.25) is 9.59 Å². The Kier molecular flexibility index (Phi) is 4.87. The number of aromatic nitrogens is 1. The second-order valence-electron chi connectivity index (χ2n) is 4.00. The molecular weight excluding hydrogens is 290 g/mol. The number of carbonyl (C=O) groups excluding carboxylic acids is 1. The molecule has 0 saturated heterocycles. The summed E-state index contributed by atoms with van der Waals surface area (Å²) in [5, 5.41) is 8.88. The third-order valence-electron chi connectivity index (χ3n) is 2.47. The standard InChI is InChI=1S/C10H15N3O6S/c1-13-4-6(3-8(13)9(11)14)20(17,18)12-7(5-19-2)10(15)16/h3-4,7,12H,5H2,1-2H3,(H2,11,14)(H,15,16). The Morgan fingerprint density at radius 1 is 1.55 bits per heavy atom. The molecule has 0 aliphatic rings. The molecule has 0 radical (unpaired) electrons. The summed E-state index contributed by atoms with van der Waals surface area (Å²) in [4.78, 5) is 21.7. The second-order valence-corrected chi connectivity index (χ2v) is 5.72.